The van der Waals surface area contributed by atoms with E-state index < -0.39 is 0 Å². The highest BCUT2D eigenvalue weighted by molar-refractivity contribution is 9.10. The molecule has 2 aromatic carbocycles. The summed E-state index contributed by atoms with van der Waals surface area (Å²) in [4.78, 5) is 11.8. The average Bonchev–Trinajstić information content (AvgIpc) is 2.49. The molecule has 0 heterocycles. The molecule has 0 unspecified atom stereocenters. The van der Waals surface area contributed by atoms with Crippen LogP contribution in [0.4, 0.5) is 0 Å². The van der Waals surface area contributed by atoms with Crippen LogP contribution in [0.2, 0.25) is 0 Å². The van der Waals surface area contributed by atoms with Gasteiger partial charge >= 0.3 is 0 Å². The molecule has 2 rings (SSSR count). The summed E-state index contributed by atoms with van der Waals surface area (Å²) in [6, 6.07) is 9.94. The second kappa shape index (κ2) is 7.42. The lowest BCUT2D eigenvalue weighted by molar-refractivity contribution is -0.110. The number of hydrogen-bond donors (Lipinski definition) is 2. The molecule has 0 amide bonds. The van der Waals surface area contributed by atoms with Crippen LogP contribution in [0.15, 0.2) is 57.5 Å². The van der Waals surface area contributed by atoms with Crippen molar-refractivity contribution in [1.82, 2.24) is 0 Å². The highest BCUT2D eigenvalue weighted by atomic mass is 79.9. The minimum Gasteiger partial charge on any atom is -0.507 e. The summed E-state index contributed by atoms with van der Waals surface area (Å²) in [5, 5.41) is 19.4. The molecule has 0 saturated carbocycles. The fourth-order valence-corrected chi connectivity index (χ4v) is 2.47. The number of benzene rings is 2. The van der Waals surface area contributed by atoms with Crippen molar-refractivity contribution in [3.8, 4) is 11.5 Å². The molecule has 0 fully saturated rings. The van der Waals surface area contributed by atoms with E-state index in [9.17, 15) is 15.0 Å². The third-order valence-electron chi connectivity index (χ3n) is 2.83. The third-order valence-corrected chi connectivity index (χ3v) is 3.82. The molecule has 0 bridgehead atoms. The Labute approximate surface area is 144 Å². The first-order chi connectivity index (χ1) is 10.5. The number of carbonyl (C=O) groups is 1. The van der Waals surface area contributed by atoms with Crippen LogP contribution in [0, 0.1) is 0 Å². The van der Waals surface area contributed by atoms with Crippen LogP contribution in [-0.2, 0) is 4.79 Å². The van der Waals surface area contributed by atoms with Gasteiger partial charge in [0, 0.05) is 20.1 Å². The van der Waals surface area contributed by atoms with Gasteiger partial charge in [0.25, 0.3) is 0 Å². The molecule has 0 aliphatic heterocycles. The number of ketones is 1. The highest BCUT2D eigenvalue weighted by Crippen LogP contribution is 2.24. The van der Waals surface area contributed by atoms with Crippen molar-refractivity contribution in [2.24, 2.45) is 0 Å². The molecule has 0 aromatic heterocycles. The number of phenols is 2. The largest absolute Gasteiger partial charge is 0.507 e. The molecule has 0 spiro atoms. The summed E-state index contributed by atoms with van der Waals surface area (Å²) in [5.41, 5.74) is 1.09. The van der Waals surface area contributed by atoms with Gasteiger partial charge in [0.1, 0.15) is 11.5 Å². The molecular formula is C17H12Br2O3. The molecule has 3 nitrogen and oxygen atoms in total. The molecule has 2 N–H and O–H groups in total. The van der Waals surface area contributed by atoms with Crippen molar-refractivity contribution in [1.29, 1.82) is 0 Å². The zero-order valence-electron chi connectivity index (χ0n) is 11.3. The van der Waals surface area contributed by atoms with Crippen molar-refractivity contribution >= 4 is 49.8 Å². The van der Waals surface area contributed by atoms with E-state index in [4.69, 9.17) is 0 Å². The van der Waals surface area contributed by atoms with Crippen LogP contribution >= 0.6 is 31.9 Å². The van der Waals surface area contributed by atoms with Gasteiger partial charge in [-0.2, -0.15) is 0 Å². The van der Waals surface area contributed by atoms with Gasteiger partial charge in [-0.05, 0) is 60.7 Å². The Hall–Kier alpha value is -1.85. The number of carbonyl (C=O) groups excluding carboxylic acids is 1. The number of phenolic OH excluding ortho intramolecular Hbond substituents is 2. The summed E-state index contributed by atoms with van der Waals surface area (Å²) in [6.45, 7) is 0. The van der Waals surface area contributed by atoms with Gasteiger partial charge in [0.2, 0.25) is 0 Å². The highest BCUT2D eigenvalue weighted by Gasteiger charge is 2.00. The molecule has 2 aromatic rings. The van der Waals surface area contributed by atoms with Crippen LogP contribution in [-0.4, -0.2) is 16.0 Å². The number of allylic oxidation sites excluding steroid dienone is 2. The molecule has 5 heteroatoms. The molecule has 0 aliphatic rings. The molecule has 0 atom stereocenters. The quantitative estimate of drug-likeness (QED) is 0.686. The minimum absolute atomic E-state index is 0.0980. The maximum Gasteiger partial charge on any atom is 0.178 e. The van der Waals surface area contributed by atoms with Gasteiger partial charge in [-0.1, -0.05) is 31.9 Å². The summed E-state index contributed by atoms with van der Waals surface area (Å²) < 4.78 is 1.62. The van der Waals surface area contributed by atoms with Crippen LogP contribution in [0.3, 0.4) is 0 Å². The number of aromatic hydroxyl groups is 2. The molecular weight excluding hydrogens is 412 g/mol. The van der Waals surface area contributed by atoms with Gasteiger partial charge in [0.05, 0.1) is 0 Å². The fraction of sp³-hybridized carbons (Fsp3) is 0. The average molecular weight is 424 g/mol. The SMILES string of the molecule is O=C(C=Cc1cc(Br)ccc1O)C=Cc1cc(Br)ccc1O. The third kappa shape index (κ3) is 4.58. The zero-order valence-corrected chi connectivity index (χ0v) is 14.5. The van der Waals surface area contributed by atoms with E-state index in [1.54, 1.807) is 36.4 Å². The zero-order chi connectivity index (χ0) is 16.1. The topological polar surface area (TPSA) is 57.5 Å². The summed E-state index contributed by atoms with van der Waals surface area (Å²) >= 11 is 6.61. The minimum atomic E-state index is -0.251. The Kier molecular flexibility index (Phi) is 5.57. The van der Waals surface area contributed by atoms with E-state index in [1.165, 1.54) is 24.3 Å². The number of halogens is 2. The van der Waals surface area contributed by atoms with E-state index in [2.05, 4.69) is 31.9 Å². The normalized spacial score (nSPS) is 11.4. The van der Waals surface area contributed by atoms with Crippen molar-refractivity contribution < 1.29 is 15.0 Å². The Morgan fingerprint density at radius 1 is 0.818 bits per heavy atom. The van der Waals surface area contributed by atoms with E-state index >= 15 is 0 Å². The Balaban J connectivity index is 2.12. The Bertz CT molecular complexity index is 701. The standard InChI is InChI=1S/C17H12Br2O3/c18-13-3-7-16(21)11(9-13)1-5-15(20)6-2-12-10-14(19)4-8-17(12)22/h1-10,21-22H. The van der Waals surface area contributed by atoms with Crippen molar-refractivity contribution in [2.75, 3.05) is 0 Å². The van der Waals surface area contributed by atoms with E-state index in [-0.39, 0.29) is 17.3 Å². The Morgan fingerprint density at radius 3 is 1.64 bits per heavy atom. The monoisotopic (exact) mass is 422 g/mol. The van der Waals surface area contributed by atoms with Crippen molar-refractivity contribution in [2.45, 2.75) is 0 Å². The predicted molar refractivity (Wildman–Crippen MR) is 94.7 cm³/mol. The first-order valence-electron chi connectivity index (χ1n) is 6.33. The summed E-state index contributed by atoms with van der Waals surface area (Å²) in [5.74, 6) is -0.0551. The molecule has 0 saturated heterocycles. The van der Waals surface area contributed by atoms with E-state index in [0.29, 0.717) is 11.1 Å². The lowest BCUT2D eigenvalue weighted by Gasteiger charge is -1.99. The van der Waals surface area contributed by atoms with Crippen LogP contribution in [0.5, 0.6) is 11.5 Å². The van der Waals surface area contributed by atoms with Crippen molar-refractivity contribution in [3.63, 3.8) is 0 Å². The summed E-state index contributed by atoms with van der Waals surface area (Å²) in [7, 11) is 0. The summed E-state index contributed by atoms with van der Waals surface area (Å²) in [6.07, 6.45) is 5.78. The van der Waals surface area contributed by atoms with Gasteiger partial charge in [0.15, 0.2) is 5.78 Å². The lowest BCUT2D eigenvalue weighted by atomic mass is 10.1. The first kappa shape index (κ1) is 16.5. The number of rotatable bonds is 4. The van der Waals surface area contributed by atoms with Crippen LogP contribution in [0.1, 0.15) is 11.1 Å². The van der Waals surface area contributed by atoms with Gasteiger partial charge < -0.3 is 10.2 Å². The molecule has 0 radical (unpaired) electrons. The predicted octanol–water partition coefficient (Wildman–Crippen LogP) is 4.92. The maximum atomic E-state index is 11.8. The second-order valence-corrected chi connectivity index (χ2v) is 6.31. The molecule has 112 valence electrons. The van der Waals surface area contributed by atoms with E-state index in [1.807, 2.05) is 0 Å². The second-order valence-electron chi connectivity index (χ2n) is 4.48. The smallest absolute Gasteiger partial charge is 0.178 e. The first-order valence-corrected chi connectivity index (χ1v) is 7.91. The van der Waals surface area contributed by atoms with Gasteiger partial charge in [-0.3, -0.25) is 4.79 Å². The fourth-order valence-electron chi connectivity index (χ4n) is 1.72. The Morgan fingerprint density at radius 2 is 1.23 bits per heavy atom. The molecule has 22 heavy (non-hydrogen) atoms. The molecule has 0 aliphatic carbocycles. The lowest BCUT2D eigenvalue weighted by Crippen LogP contribution is -1.86. The van der Waals surface area contributed by atoms with Gasteiger partial charge in [-0.15, -0.1) is 0 Å². The van der Waals surface area contributed by atoms with Gasteiger partial charge in [-0.25, -0.2) is 0 Å². The van der Waals surface area contributed by atoms with E-state index in [0.717, 1.165) is 8.95 Å². The number of hydrogen-bond acceptors (Lipinski definition) is 3. The van der Waals surface area contributed by atoms with Crippen LogP contribution in [0.25, 0.3) is 12.2 Å². The van der Waals surface area contributed by atoms with Crippen LogP contribution < -0.4 is 0 Å². The maximum absolute atomic E-state index is 11.8. The van der Waals surface area contributed by atoms with Crippen molar-refractivity contribution in [3.05, 3.63) is 68.6 Å².